The van der Waals surface area contributed by atoms with E-state index >= 15 is 0 Å². The lowest BCUT2D eigenvalue weighted by atomic mass is 10.1. The molecular weight excluding hydrogens is 292 g/mol. The van der Waals surface area contributed by atoms with Crippen LogP contribution in [-0.2, 0) is 13.0 Å². The van der Waals surface area contributed by atoms with Gasteiger partial charge in [0.1, 0.15) is 5.69 Å². The van der Waals surface area contributed by atoms with Crippen LogP contribution in [0.1, 0.15) is 24.6 Å². The fourth-order valence-corrected chi connectivity index (χ4v) is 1.93. The van der Waals surface area contributed by atoms with E-state index in [-0.39, 0.29) is 0 Å². The molecule has 0 aliphatic heterocycles. The van der Waals surface area contributed by atoms with Gasteiger partial charge in [0.25, 0.3) is 0 Å². The molecule has 0 saturated heterocycles. The van der Waals surface area contributed by atoms with Crippen molar-refractivity contribution >= 4 is 15.9 Å². The van der Waals surface area contributed by atoms with Crippen molar-refractivity contribution in [3.05, 3.63) is 40.3 Å². The average molecular weight is 307 g/mol. The van der Waals surface area contributed by atoms with E-state index in [1.54, 1.807) is 12.4 Å². The Hall–Kier alpha value is -1.33. The Labute approximate surface area is 115 Å². The number of rotatable bonds is 4. The van der Waals surface area contributed by atoms with Gasteiger partial charge < -0.3 is 5.73 Å². The second-order valence-electron chi connectivity index (χ2n) is 3.98. The van der Waals surface area contributed by atoms with Gasteiger partial charge in [0.2, 0.25) is 0 Å². The standard InChI is InChI=1S/C13H15BrN4/c1-2-3-11-9(6-15)7-17-13(18-11)12-5-4-10(14)8-16-12/h4-5,7-8H,2-3,6,15H2,1H3. The first kappa shape index (κ1) is 13.1. The number of halogens is 1. The summed E-state index contributed by atoms with van der Waals surface area (Å²) in [5.41, 5.74) is 8.50. The van der Waals surface area contributed by atoms with Gasteiger partial charge in [-0.15, -0.1) is 0 Å². The SMILES string of the molecule is CCCc1nc(-c2ccc(Br)cn2)ncc1CN. The number of pyridine rings is 1. The van der Waals surface area contributed by atoms with Crippen LogP contribution in [0.2, 0.25) is 0 Å². The van der Waals surface area contributed by atoms with E-state index < -0.39 is 0 Å². The summed E-state index contributed by atoms with van der Waals surface area (Å²) in [7, 11) is 0. The highest BCUT2D eigenvalue weighted by molar-refractivity contribution is 9.10. The van der Waals surface area contributed by atoms with Crippen molar-refractivity contribution in [1.82, 2.24) is 15.0 Å². The molecule has 0 saturated carbocycles. The van der Waals surface area contributed by atoms with Crippen LogP contribution < -0.4 is 5.73 Å². The number of nitrogens with zero attached hydrogens (tertiary/aromatic N) is 3. The van der Waals surface area contributed by atoms with Crippen molar-refractivity contribution in [2.45, 2.75) is 26.3 Å². The van der Waals surface area contributed by atoms with Crippen LogP contribution in [0.5, 0.6) is 0 Å². The summed E-state index contributed by atoms with van der Waals surface area (Å²) >= 11 is 3.36. The highest BCUT2D eigenvalue weighted by atomic mass is 79.9. The molecule has 0 unspecified atom stereocenters. The predicted molar refractivity (Wildman–Crippen MR) is 74.8 cm³/mol. The van der Waals surface area contributed by atoms with E-state index in [2.05, 4.69) is 37.8 Å². The van der Waals surface area contributed by atoms with E-state index in [0.29, 0.717) is 12.4 Å². The van der Waals surface area contributed by atoms with Gasteiger partial charge in [-0.2, -0.15) is 0 Å². The molecule has 2 N–H and O–H groups in total. The Morgan fingerprint density at radius 3 is 2.67 bits per heavy atom. The normalized spacial score (nSPS) is 10.6. The average Bonchev–Trinajstić information content (AvgIpc) is 2.40. The van der Waals surface area contributed by atoms with Gasteiger partial charge in [0.15, 0.2) is 5.82 Å². The molecule has 0 radical (unpaired) electrons. The van der Waals surface area contributed by atoms with Gasteiger partial charge in [-0.05, 0) is 34.5 Å². The third-order valence-corrected chi connectivity index (χ3v) is 3.09. The van der Waals surface area contributed by atoms with Crippen LogP contribution in [0.3, 0.4) is 0 Å². The lowest BCUT2D eigenvalue weighted by Crippen LogP contribution is -2.06. The first-order valence-electron chi connectivity index (χ1n) is 5.91. The third kappa shape index (κ3) is 2.91. The maximum Gasteiger partial charge on any atom is 0.178 e. The zero-order valence-electron chi connectivity index (χ0n) is 10.2. The van der Waals surface area contributed by atoms with Gasteiger partial charge in [-0.25, -0.2) is 9.97 Å². The summed E-state index contributed by atoms with van der Waals surface area (Å²) in [6.07, 6.45) is 5.50. The van der Waals surface area contributed by atoms with Gasteiger partial charge in [0.05, 0.1) is 0 Å². The van der Waals surface area contributed by atoms with Crippen LogP contribution in [0.15, 0.2) is 29.0 Å². The molecule has 2 aromatic rings. The van der Waals surface area contributed by atoms with Crippen molar-refractivity contribution in [2.75, 3.05) is 0 Å². The molecule has 5 heteroatoms. The van der Waals surface area contributed by atoms with Crippen molar-refractivity contribution in [3.8, 4) is 11.5 Å². The summed E-state index contributed by atoms with van der Waals surface area (Å²) in [4.78, 5) is 13.2. The molecule has 0 amide bonds. The molecule has 2 rings (SSSR count). The minimum absolute atomic E-state index is 0.476. The summed E-state index contributed by atoms with van der Waals surface area (Å²) in [5.74, 6) is 0.656. The first-order chi connectivity index (χ1) is 8.74. The zero-order valence-corrected chi connectivity index (χ0v) is 11.8. The predicted octanol–water partition coefficient (Wildman–Crippen LogP) is 2.71. The zero-order chi connectivity index (χ0) is 13.0. The van der Waals surface area contributed by atoms with E-state index in [9.17, 15) is 0 Å². The molecule has 0 aromatic carbocycles. The minimum Gasteiger partial charge on any atom is -0.326 e. The third-order valence-electron chi connectivity index (χ3n) is 2.62. The molecular formula is C13H15BrN4. The number of hydrogen-bond donors (Lipinski definition) is 1. The molecule has 94 valence electrons. The van der Waals surface area contributed by atoms with Crippen LogP contribution >= 0.6 is 15.9 Å². The van der Waals surface area contributed by atoms with E-state index in [1.807, 2.05) is 12.1 Å². The Bertz CT molecular complexity index is 525. The number of aromatic nitrogens is 3. The highest BCUT2D eigenvalue weighted by Gasteiger charge is 2.08. The highest BCUT2D eigenvalue weighted by Crippen LogP contribution is 2.17. The molecule has 0 fully saturated rings. The van der Waals surface area contributed by atoms with Crippen molar-refractivity contribution in [1.29, 1.82) is 0 Å². The maximum atomic E-state index is 5.69. The smallest absolute Gasteiger partial charge is 0.178 e. The molecule has 0 spiro atoms. The summed E-state index contributed by atoms with van der Waals surface area (Å²) in [6, 6.07) is 3.83. The van der Waals surface area contributed by atoms with Crippen LogP contribution in [0, 0.1) is 0 Å². The molecule has 4 nitrogen and oxygen atoms in total. The fraction of sp³-hybridized carbons (Fsp3) is 0.308. The molecule has 0 atom stereocenters. The Kier molecular flexibility index (Phi) is 4.38. The molecule has 0 bridgehead atoms. The Balaban J connectivity index is 2.39. The summed E-state index contributed by atoms with van der Waals surface area (Å²) in [5, 5.41) is 0. The van der Waals surface area contributed by atoms with Gasteiger partial charge in [-0.3, -0.25) is 4.98 Å². The maximum absolute atomic E-state index is 5.69. The van der Waals surface area contributed by atoms with Crippen LogP contribution in [0.4, 0.5) is 0 Å². The van der Waals surface area contributed by atoms with Crippen LogP contribution in [-0.4, -0.2) is 15.0 Å². The van der Waals surface area contributed by atoms with E-state index in [4.69, 9.17) is 5.73 Å². The molecule has 2 aromatic heterocycles. The molecule has 18 heavy (non-hydrogen) atoms. The van der Waals surface area contributed by atoms with Crippen molar-refractivity contribution in [3.63, 3.8) is 0 Å². The summed E-state index contributed by atoms with van der Waals surface area (Å²) < 4.78 is 0.943. The van der Waals surface area contributed by atoms with Crippen LogP contribution in [0.25, 0.3) is 11.5 Å². The lowest BCUT2D eigenvalue weighted by Gasteiger charge is -2.07. The van der Waals surface area contributed by atoms with Crippen molar-refractivity contribution < 1.29 is 0 Å². The topological polar surface area (TPSA) is 64.7 Å². The fourth-order valence-electron chi connectivity index (χ4n) is 1.70. The second-order valence-corrected chi connectivity index (χ2v) is 4.90. The molecule has 0 aliphatic rings. The Morgan fingerprint density at radius 1 is 1.22 bits per heavy atom. The van der Waals surface area contributed by atoms with E-state index in [0.717, 1.165) is 34.3 Å². The number of nitrogens with two attached hydrogens (primary N) is 1. The second kappa shape index (κ2) is 6.02. The number of aryl methyl sites for hydroxylation is 1. The van der Waals surface area contributed by atoms with Gasteiger partial charge in [0, 0.05) is 34.7 Å². The lowest BCUT2D eigenvalue weighted by molar-refractivity contribution is 0.839. The van der Waals surface area contributed by atoms with Gasteiger partial charge >= 0.3 is 0 Å². The van der Waals surface area contributed by atoms with Crippen molar-refractivity contribution in [2.24, 2.45) is 5.73 Å². The summed E-state index contributed by atoms with van der Waals surface area (Å²) in [6.45, 7) is 2.60. The van der Waals surface area contributed by atoms with E-state index in [1.165, 1.54) is 0 Å². The largest absolute Gasteiger partial charge is 0.326 e. The monoisotopic (exact) mass is 306 g/mol. The van der Waals surface area contributed by atoms with Gasteiger partial charge in [-0.1, -0.05) is 13.3 Å². The first-order valence-corrected chi connectivity index (χ1v) is 6.70. The molecule has 2 heterocycles. The quantitative estimate of drug-likeness (QED) is 0.943. The minimum atomic E-state index is 0.476. The molecule has 0 aliphatic carbocycles. The Morgan fingerprint density at radius 2 is 2.06 bits per heavy atom. The number of hydrogen-bond acceptors (Lipinski definition) is 4.